The van der Waals surface area contributed by atoms with Crippen molar-refractivity contribution in [2.75, 3.05) is 30.6 Å². The van der Waals surface area contributed by atoms with Crippen LogP contribution < -0.4 is 15.4 Å². The van der Waals surface area contributed by atoms with E-state index in [1.54, 1.807) is 7.11 Å². The summed E-state index contributed by atoms with van der Waals surface area (Å²) in [5.41, 5.74) is 8.92. The number of benzene rings is 1. The fourth-order valence-corrected chi connectivity index (χ4v) is 4.60. The number of ether oxygens (including phenoxy) is 1. The van der Waals surface area contributed by atoms with Crippen LogP contribution in [0.25, 0.3) is 0 Å². The number of fused-ring (bicyclic) bond motifs is 2. The van der Waals surface area contributed by atoms with Crippen molar-refractivity contribution in [3.8, 4) is 5.75 Å². The zero-order chi connectivity index (χ0) is 12.7. The van der Waals surface area contributed by atoms with E-state index in [1.165, 1.54) is 29.2 Å². The molecule has 0 amide bonds. The van der Waals surface area contributed by atoms with Gasteiger partial charge in [-0.1, -0.05) is 12.1 Å². The zero-order valence-corrected chi connectivity index (χ0v) is 11.7. The maximum atomic E-state index is 6.49. The predicted molar refractivity (Wildman–Crippen MR) is 77.5 cm³/mol. The SMILES string of the molecule is COc1cccc2c1N(C)C1CCSCC1C2N. The molecule has 1 aromatic rings. The summed E-state index contributed by atoms with van der Waals surface area (Å²) in [4.78, 5) is 2.39. The van der Waals surface area contributed by atoms with E-state index < -0.39 is 0 Å². The number of rotatable bonds is 1. The van der Waals surface area contributed by atoms with Crippen LogP contribution in [-0.2, 0) is 0 Å². The summed E-state index contributed by atoms with van der Waals surface area (Å²) in [5, 5.41) is 0. The van der Waals surface area contributed by atoms with Gasteiger partial charge in [-0.05, 0) is 29.6 Å². The topological polar surface area (TPSA) is 38.5 Å². The van der Waals surface area contributed by atoms with Gasteiger partial charge in [0.05, 0.1) is 12.8 Å². The Balaban J connectivity index is 2.10. The number of nitrogens with two attached hydrogens (primary N) is 1. The molecule has 0 aliphatic carbocycles. The van der Waals surface area contributed by atoms with E-state index in [9.17, 15) is 0 Å². The van der Waals surface area contributed by atoms with E-state index >= 15 is 0 Å². The van der Waals surface area contributed by atoms with E-state index in [4.69, 9.17) is 10.5 Å². The highest BCUT2D eigenvalue weighted by Crippen LogP contribution is 2.47. The molecule has 0 spiro atoms. The smallest absolute Gasteiger partial charge is 0.142 e. The first-order valence-electron chi connectivity index (χ1n) is 6.47. The lowest BCUT2D eigenvalue weighted by Gasteiger charge is -2.47. The molecule has 2 heterocycles. The minimum absolute atomic E-state index is 0.143. The van der Waals surface area contributed by atoms with Crippen molar-refractivity contribution in [2.24, 2.45) is 11.7 Å². The van der Waals surface area contributed by atoms with Gasteiger partial charge in [0.1, 0.15) is 5.75 Å². The van der Waals surface area contributed by atoms with Gasteiger partial charge in [0, 0.05) is 25.0 Å². The van der Waals surface area contributed by atoms with Crippen LogP contribution in [0.4, 0.5) is 5.69 Å². The standard InChI is InChI=1S/C14H20N2OS/c1-16-11-6-7-18-8-10(11)13(15)9-4-3-5-12(17-2)14(9)16/h3-5,10-11,13H,6-8,15H2,1-2H3. The molecule has 0 saturated carbocycles. The average molecular weight is 264 g/mol. The molecule has 0 radical (unpaired) electrons. The Morgan fingerprint density at radius 1 is 1.44 bits per heavy atom. The number of nitrogens with zero attached hydrogens (tertiary/aromatic N) is 1. The molecule has 2 N–H and O–H groups in total. The fraction of sp³-hybridized carbons (Fsp3) is 0.571. The van der Waals surface area contributed by atoms with E-state index in [0.717, 1.165) is 5.75 Å². The quantitative estimate of drug-likeness (QED) is 0.844. The molecular weight excluding hydrogens is 244 g/mol. The molecule has 1 saturated heterocycles. The first-order chi connectivity index (χ1) is 8.74. The second-order valence-electron chi connectivity index (χ2n) is 5.13. The number of hydrogen-bond acceptors (Lipinski definition) is 4. The van der Waals surface area contributed by atoms with Crippen LogP contribution in [0.5, 0.6) is 5.75 Å². The fourth-order valence-electron chi connectivity index (χ4n) is 3.32. The Bertz CT molecular complexity index is 451. The molecule has 3 atom stereocenters. The molecular formula is C14H20N2OS. The van der Waals surface area contributed by atoms with Gasteiger partial charge in [-0.2, -0.15) is 11.8 Å². The maximum absolute atomic E-state index is 6.49. The Labute approximate surface area is 113 Å². The van der Waals surface area contributed by atoms with Gasteiger partial charge in [-0.15, -0.1) is 0 Å². The zero-order valence-electron chi connectivity index (χ0n) is 10.9. The van der Waals surface area contributed by atoms with Crippen molar-refractivity contribution in [3.63, 3.8) is 0 Å². The van der Waals surface area contributed by atoms with E-state index in [1.807, 2.05) is 23.9 Å². The van der Waals surface area contributed by atoms with Gasteiger partial charge in [0.15, 0.2) is 0 Å². The molecule has 2 aliphatic rings. The van der Waals surface area contributed by atoms with Gasteiger partial charge in [-0.25, -0.2) is 0 Å². The Hall–Kier alpha value is -0.870. The second-order valence-corrected chi connectivity index (χ2v) is 6.28. The molecule has 3 rings (SSSR count). The average Bonchev–Trinajstić information content (AvgIpc) is 2.44. The van der Waals surface area contributed by atoms with Gasteiger partial charge < -0.3 is 15.4 Å². The highest BCUT2D eigenvalue weighted by Gasteiger charge is 2.40. The first kappa shape index (κ1) is 12.2. The molecule has 2 aliphatic heterocycles. The lowest BCUT2D eigenvalue weighted by Crippen LogP contribution is -2.50. The monoisotopic (exact) mass is 264 g/mol. The molecule has 98 valence electrons. The normalized spacial score (nSPS) is 30.6. The van der Waals surface area contributed by atoms with Crippen molar-refractivity contribution in [1.29, 1.82) is 0 Å². The number of anilines is 1. The summed E-state index contributed by atoms with van der Waals surface area (Å²) < 4.78 is 5.51. The number of methoxy groups -OCH3 is 1. The number of thioether (sulfide) groups is 1. The molecule has 1 fully saturated rings. The molecule has 0 bridgehead atoms. The molecule has 18 heavy (non-hydrogen) atoms. The van der Waals surface area contributed by atoms with Crippen LogP contribution in [0.1, 0.15) is 18.0 Å². The van der Waals surface area contributed by atoms with Gasteiger partial charge in [0.25, 0.3) is 0 Å². The van der Waals surface area contributed by atoms with E-state index in [-0.39, 0.29) is 6.04 Å². The largest absolute Gasteiger partial charge is 0.495 e. The van der Waals surface area contributed by atoms with Crippen molar-refractivity contribution < 1.29 is 4.74 Å². The van der Waals surface area contributed by atoms with Crippen LogP contribution in [0.3, 0.4) is 0 Å². The Morgan fingerprint density at radius 3 is 3.06 bits per heavy atom. The first-order valence-corrected chi connectivity index (χ1v) is 7.62. The van der Waals surface area contributed by atoms with E-state index in [2.05, 4.69) is 18.0 Å². The molecule has 3 unspecified atom stereocenters. The Morgan fingerprint density at radius 2 is 2.28 bits per heavy atom. The third-order valence-corrected chi connectivity index (χ3v) is 5.43. The third-order valence-electron chi connectivity index (χ3n) is 4.28. The van der Waals surface area contributed by atoms with Crippen molar-refractivity contribution >= 4 is 17.4 Å². The Kier molecular flexibility index (Phi) is 3.16. The minimum Gasteiger partial charge on any atom is -0.495 e. The summed E-state index contributed by atoms with van der Waals surface area (Å²) in [6.07, 6.45) is 1.22. The van der Waals surface area contributed by atoms with Crippen LogP contribution in [-0.4, -0.2) is 31.7 Å². The highest BCUT2D eigenvalue weighted by molar-refractivity contribution is 7.99. The van der Waals surface area contributed by atoms with Crippen LogP contribution >= 0.6 is 11.8 Å². The lowest BCUT2D eigenvalue weighted by molar-refractivity contribution is 0.338. The minimum atomic E-state index is 0.143. The van der Waals surface area contributed by atoms with Crippen molar-refractivity contribution in [2.45, 2.75) is 18.5 Å². The van der Waals surface area contributed by atoms with Crippen LogP contribution in [0, 0.1) is 5.92 Å². The van der Waals surface area contributed by atoms with Crippen LogP contribution in [0.15, 0.2) is 18.2 Å². The van der Waals surface area contributed by atoms with E-state index in [0.29, 0.717) is 12.0 Å². The lowest BCUT2D eigenvalue weighted by atomic mass is 9.81. The molecule has 0 aromatic heterocycles. The summed E-state index contributed by atoms with van der Waals surface area (Å²) in [5.74, 6) is 3.92. The van der Waals surface area contributed by atoms with Crippen molar-refractivity contribution in [1.82, 2.24) is 0 Å². The molecule has 1 aromatic carbocycles. The van der Waals surface area contributed by atoms with Crippen LogP contribution in [0.2, 0.25) is 0 Å². The molecule has 3 nitrogen and oxygen atoms in total. The predicted octanol–water partition coefficient (Wildman–Crippen LogP) is 2.27. The second kappa shape index (κ2) is 4.67. The number of hydrogen-bond donors (Lipinski definition) is 1. The molecule has 4 heteroatoms. The van der Waals surface area contributed by atoms with Crippen molar-refractivity contribution in [3.05, 3.63) is 23.8 Å². The highest BCUT2D eigenvalue weighted by atomic mass is 32.2. The maximum Gasteiger partial charge on any atom is 0.142 e. The number of para-hydroxylation sites is 1. The van der Waals surface area contributed by atoms with Gasteiger partial charge in [-0.3, -0.25) is 0 Å². The van der Waals surface area contributed by atoms with Gasteiger partial charge >= 0.3 is 0 Å². The third kappa shape index (κ3) is 1.70. The van der Waals surface area contributed by atoms with Gasteiger partial charge in [0.2, 0.25) is 0 Å². The summed E-state index contributed by atoms with van der Waals surface area (Å²) in [6.45, 7) is 0. The summed E-state index contributed by atoms with van der Waals surface area (Å²) >= 11 is 2.03. The summed E-state index contributed by atoms with van der Waals surface area (Å²) in [7, 11) is 3.92. The summed E-state index contributed by atoms with van der Waals surface area (Å²) in [6, 6.07) is 6.92.